The second-order valence-electron chi connectivity index (χ2n) is 5.10. The lowest BCUT2D eigenvalue weighted by Crippen LogP contribution is -2.04. The van der Waals surface area contributed by atoms with Crippen molar-refractivity contribution in [2.24, 2.45) is 0 Å². The summed E-state index contributed by atoms with van der Waals surface area (Å²) in [6.07, 6.45) is 1.90. The molecule has 0 bridgehead atoms. The van der Waals surface area contributed by atoms with Crippen LogP contribution >= 0.6 is 0 Å². The quantitative estimate of drug-likeness (QED) is 0.879. The van der Waals surface area contributed by atoms with E-state index in [4.69, 9.17) is 0 Å². The largest absolute Gasteiger partial charge is 0.772 e. The summed E-state index contributed by atoms with van der Waals surface area (Å²) in [7, 11) is 0. The summed E-state index contributed by atoms with van der Waals surface area (Å²) < 4.78 is 23.7. The van der Waals surface area contributed by atoms with Crippen molar-refractivity contribution in [1.29, 1.82) is 0 Å². The molecule has 108 valence electrons. The van der Waals surface area contributed by atoms with Crippen LogP contribution in [0, 0.1) is 6.92 Å². The van der Waals surface area contributed by atoms with Gasteiger partial charge < -0.3 is 14.2 Å². The van der Waals surface area contributed by atoms with E-state index < -0.39 is 17.0 Å². The Morgan fingerprint density at radius 2 is 2.10 bits per heavy atom. The Hall–Kier alpha value is -1.66. The number of hydrogen-bond donors (Lipinski definition) is 1. The standard InChI is InChI=1S/C14H17NO4S/c1-8(2)15-6-9(3)13-11(14(16)17)4-10(5-12(13)15)7-20(18)19/h4-6,8H,7H2,1-3H3,(H,16,17)(H,18,19)/p-1. The van der Waals surface area contributed by atoms with Crippen molar-refractivity contribution >= 4 is 28.0 Å². The SMILES string of the molecule is Cc1cn(C(C)C)c2cc(CS(=O)[O-])cc(C(=O)O)c12. The van der Waals surface area contributed by atoms with E-state index in [1.54, 1.807) is 6.07 Å². The molecule has 1 aromatic heterocycles. The molecular weight excluding hydrogens is 278 g/mol. The van der Waals surface area contributed by atoms with Crippen LogP contribution in [0.15, 0.2) is 18.3 Å². The van der Waals surface area contributed by atoms with Gasteiger partial charge in [-0.2, -0.15) is 0 Å². The number of carboxylic acid groups (broad SMARTS) is 1. The molecular formula is C14H16NO4S-. The fourth-order valence-electron chi connectivity index (χ4n) is 2.46. The average molecular weight is 294 g/mol. The first kappa shape index (κ1) is 14.7. The van der Waals surface area contributed by atoms with Gasteiger partial charge in [0.15, 0.2) is 0 Å². The Morgan fingerprint density at radius 1 is 1.45 bits per heavy atom. The smallest absolute Gasteiger partial charge is 0.336 e. The Labute approximate surface area is 119 Å². The maximum atomic E-state index is 11.4. The van der Waals surface area contributed by atoms with Crippen LogP contribution in [-0.2, 0) is 16.8 Å². The molecule has 0 amide bonds. The number of fused-ring (bicyclic) bond motifs is 1. The van der Waals surface area contributed by atoms with Gasteiger partial charge in [-0.3, -0.25) is 4.21 Å². The summed E-state index contributed by atoms with van der Waals surface area (Å²) in [4.78, 5) is 11.4. The molecule has 2 aromatic rings. The van der Waals surface area contributed by atoms with Crippen molar-refractivity contribution in [1.82, 2.24) is 4.57 Å². The van der Waals surface area contributed by atoms with Gasteiger partial charge in [-0.25, -0.2) is 4.79 Å². The van der Waals surface area contributed by atoms with Gasteiger partial charge >= 0.3 is 5.97 Å². The molecule has 0 radical (unpaired) electrons. The van der Waals surface area contributed by atoms with Crippen LogP contribution in [0.3, 0.4) is 0 Å². The van der Waals surface area contributed by atoms with Gasteiger partial charge in [0.1, 0.15) is 0 Å². The third-order valence-electron chi connectivity index (χ3n) is 3.25. The normalized spacial score (nSPS) is 13.1. The molecule has 0 aliphatic carbocycles. The van der Waals surface area contributed by atoms with Crippen LogP contribution in [0.1, 0.15) is 41.4 Å². The highest BCUT2D eigenvalue weighted by Gasteiger charge is 2.17. The summed E-state index contributed by atoms with van der Waals surface area (Å²) in [5.74, 6) is -1.23. The minimum atomic E-state index is -2.24. The number of aromatic carboxylic acids is 1. The molecule has 1 unspecified atom stereocenters. The molecule has 1 aromatic carbocycles. The summed E-state index contributed by atoms with van der Waals surface area (Å²) in [5, 5.41) is 10.0. The first-order chi connectivity index (χ1) is 9.31. The fraction of sp³-hybridized carbons (Fsp3) is 0.357. The van der Waals surface area contributed by atoms with Gasteiger partial charge in [0.05, 0.1) is 5.56 Å². The predicted molar refractivity (Wildman–Crippen MR) is 76.6 cm³/mol. The number of aromatic nitrogens is 1. The number of carboxylic acids is 1. The van der Waals surface area contributed by atoms with Crippen molar-refractivity contribution in [2.75, 3.05) is 0 Å². The molecule has 1 atom stereocenters. The first-order valence-electron chi connectivity index (χ1n) is 6.24. The number of carbonyl (C=O) groups is 1. The summed E-state index contributed by atoms with van der Waals surface area (Å²) in [5.41, 5.74) is 2.28. The first-order valence-corrected chi connectivity index (χ1v) is 7.49. The molecule has 1 heterocycles. The summed E-state index contributed by atoms with van der Waals surface area (Å²) in [6.45, 7) is 5.86. The van der Waals surface area contributed by atoms with E-state index in [9.17, 15) is 18.7 Å². The zero-order valence-corrected chi connectivity index (χ0v) is 12.4. The summed E-state index contributed by atoms with van der Waals surface area (Å²) >= 11 is -2.24. The Bertz CT molecular complexity index is 703. The zero-order chi connectivity index (χ0) is 15.0. The maximum absolute atomic E-state index is 11.4. The fourth-order valence-corrected chi connectivity index (χ4v) is 2.90. The van der Waals surface area contributed by atoms with Gasteiger partial charge in [0.2, 0.25) is 0 Å². The van der Waals surface area contributed by atoms with E-state index in [1.807, 2.05) is 31.5 Å². The third-order valence-corrected chi connectivity index (χ3v) is 3.82. The molecule has 20 heavy (non-hydrogen) atoms. The second kappa shape index (κ2) is 5.38. The third kappa shape index (κ3) is 2.62. The van der Waals surface area contributed by atoms with Crippen LogP contribution in [-0.4, -0.2) is 24.4 Å². The summed E-state index contributed by atoms with van der Waals surface area (Å²) in [6, 6.07) is 3.36. The van der Waals surface area contributed by atoms with Crippen LogP contribution in [0.2, 0.25) is 0 Å². The molecule has 2 rings (SSSR count). The molecule has 0 saturated carbocycles. The monoisotopic (exact) mass is 294 g/mol. The highest BCUT2D eigenvalue weighted by atomic mass is 32.2. The molecule has 0 spiro atoms. The molecule has 0 fully saturated rings. The zero-order valence-electron chi connectivity index (χ0n) is 11.5. The van der Waals surface area contributed by atoms with Crippen LogP contribution in [0.25, 0.3) is 10.9 Å². The lowest BCUT2D eigenvalue weighted by atomic mass is 10.0. The van der Waals surface area contributed by atoms with Crippen LogP contribution in [0.4, 0.5) is 0 Å². The molecule has 0 aliphatic rings. The van der Waals surface area contributed by atoms with Gasteiger partial charge in [-0.1, -0.05) is 11.1 Å². The van der Waals surface area contributed by atoms with Gasteiger partial charge in [0, 0.05) is 28.9 Å². The highest BCUT2D eigenvalue weighted by Crippen LogP contribution is 2.29. The van der Waals surface area contributed by atoms with Crippen molar-refractivity contribution in [3.05, 3.63) is 35.0 Å². The number of nitrogens with zero attached hydrogens (tertiary/aromatic N) is 1. The molecule has 0 saturated heterocycles. The molecule has 5 nitrogen and oxygen atoms in total. The minimum Gasteiger partial charge on any atom is -0.772 e. The Morgan fingerprint density at radius 3 is 2.60 bits per heavy atom. The predicted octanol–water partition coefficient (Wildman–Crippen LogP) is 2.61. The van der Waals surface area contributed by atoms with Crippen LogP contribution in [0.5, 0.6) is 0 Å². The second-order valence-corrected chi connectivity index (χ2v) is 6.00. The average Bonchev–Trinajstić information content (AvgIpc) is 2.65. The van der Waals surface area contributed by atoms with E-state index >= 15 is 0 Å². The number of aryl methyl sites for hydroxylation is 1. The molecule has 0 aliphatic heterocycles. The van der Waals surface area contributed by atoms with E-state index in [2.05, 4.69) is 0 Å². The van der Waals surface area contributed by atoms with E-state index in [0.717, 1.165) is 11.1 Å². The molecule has 6 heteroatoms. The van der Waals surface area contributed by atoms with Crippen molar-refractivity contribution in [3.63, 3.8) is 0 Å². The number of hydrogen-bond acceptors (Lipinski definition) is 3. The van der Waals surface area contributed by atoms with Crippen molar-refractivity contribution in [2.45, 2.75) is 32.6 Å². The minimum absolute atomic E-state index is 0.153. The lowest BCUT2D eigenvalue weighted by molar-refractivity contribution is 0.0699. The van der Waals surface area contributed by atoms with Gasteiger partial charge in [0.25, 0.3) is 0 Å². The van der Waals surface area contributed by atoms with Crippen LogP contribution < -0.4 is 0 Å². The number of benzene rings is 1. The van der Waals surface area contributed by atoms with Crippen molar-refractivity contribution in [3.8, 4) is 0 Å². The van der Waals surface area contributed by atoms with Gasteiger partial charge in [-0.15, -0.1) is 0 Å². The maximum Gasteiger partial charge on any atom is 0.336 e. The van der Waals surface area contributed by atoms with E-state index in [0.29, 0.717) is 10.9 Å². The van der Waals surface area contributed by atoms with Crippen molar-refractivity contribution < 1.29 is 18.7 Å². The van der Waals surface area contributed by atoms with E-state index in [-0.39, 0.29) is 17.4 Å². The molecule has 1 N–H and O–H groups in total. The van der Waals surface area contributed by atoms with Gasteiger partial charge in [-0.05, 0) is 44.0 Å². The highest BCUT2D eigenvalue weighted by molar-refractivity contribution is 7.78. The lowest BCUT2D eigenvalue weighted by Gasteiger charge is -2.12. The topological polar surface area (TPSA) is 82.4 Å². The Balaban J connectivity index is 2.80. The van der Waals surface area contributed by atoms with E-state index in [1.165, 1.54) is 6.07 Å². The Kier molecular flexibility index (Phi) is 3.96. The number of rotatable bonds is 4.